The number of halogens is 2. The molecule has 3 aromatic carbocycles. The lowest BCUT2D eigenvalue weighted by Gasteiger charge is -2.08. The summed E-state index contributed by atoms with van der Waals surface area (Å²) in [5.74, 6) is 0.828. The van der Waals surface area contributed by atoms with Crippen molar-refractivity contribution < 1.29 is 14.3 Å². The summed E-state index contributed by atoms with van der Waals surface area (Å²) in [6.45, 7) is 0.425. The summed E-state index contributed by atoms with van der Waals surface area (Å²) in [5, 5.41) is 0.593. The van der Waals surface area contributed by atoms with Crippen LogP contribution in [0.3, 0.4) is 0 Å². The van der Waals surface area contributed by atoms with Gasteiger partial charge in [0.05, 0.1) is 5.56 Å². The van der Waals surface area contributed by atoms with Crippen LogP contribution in [0.4, 0.5) is 0 Å². The topological polar surface area (TPSA) is 35.5 Å². The first-order valence-corrected chi connectivity index (χ1v) is 8.72. The zero-order valence-electron chi connectivity index (χ0n) is 13.1. The van der Waals surface area contributed by atoms with Gasteiger partial charge in [-0.15, -0.1) is 0 Å². The summed E-state index contributed by atoms with van der Waals surface area (Å²) in [6.07, 6.45) is 0. The lowest BCUT2D eigenvalue weighted by Crippen LogP contribution is -2.08. The maximum absolute atomic E-state index is 12.1. The van der Waals surface area contributed by atoms with Crippen LogP contribution in [0.1, 0.15) is 15.9 Å². The average Bonchev–Trinajstić information content (AvgIpc) is 2.63. The average molecular weight is 418 g/mol. The van der Waals surface area contributed by atoms with E-state index in [1.165, 1.54) is 0 Å². The molecule has 0 radical (unpaired) electrons. The van der Waals surface area contributed by atoms with E-state index in [1.54, 1.807) is 36.4 Å². The van der Waals surface area contributed by atoms with Gasteiger partial charge in [-0.2, -0.15) is 0 Å². The minimum atomic E-state index is -0.414. The summed E-state index contributed by atoms with van der Waals surface area (Å²) in [4.78, 5) is 12.1. The second-order valence-electron chi connectivity index (χ2n) is 5.28. The van der Waals surface area contributed by atoms with Gasteiger partial charge in [0.2, 0.25) is 0 Å². The van der Waals surface area contributed by atoms with Gasteiger partial charge in [0, 0.05) is 9.50 Å². The zero-order valence-corrected chi connectivity index (χ0v) is 15.5. The molecule has 0 spiro atoms. The number of benzene rings is 3. The third kappa shape index (κ3) is 5.08. The molecule has 0 saturated carbocycles. The number of rotatable bonds is 5. The highest BCUT2D eigenvalue weighted by Gasteiger charge is 2.08. The molecule has 0 heterocycles. The molecule has 0 saturated heterocycles. The second kappa shape index (κ2) is 8.19. The lowest BCUT2D eigenvalue weighted by molar-refractivity contribution is 0.0734. The fourth-order valence-electron chi connectivity index (χ4n) is 2.10. The van der Waals surface area contributed by atoms with Crippen LogP contribution in [0.5, 0.6) is 11.5 Å². The second-order valence-corrected chi connectivity index (χ2v) is 6.64. The predicted molar refractivity (Wildman–Crippen MR) is 101 cm³/mol. The maximum atomic E-state index is 12.1. The van der Waals surface area contributed by atoms with Crippen molar-refractivity contribution in [1.82, 2.24) is 0 Å². The molecule has 3 rings (SSSR count). The van der Waals surface area contributed by atoms with Crippen LogP contribution >= 0.6 is 27.5 Å². The Morgan fingerprint density at radius 3 is 2.08 bits per heavy atom. The van der Waals surface area contributed by atoms with Gasteiger partial charge in [-0.25, -0.2) is 4.79 Å². The summed E-state index contributed by atoms with van der Waals surface area (Å²) >= 11 is 9.19. The van der Waals surface area contributed by atoms with Gasteiger partial charge in [-0.1, -0.05) is 39.7 Å². The van der Waals surface area contributed by atoms with E-state index in [2.05, 4.69) is 15.9 Å². The first-order valence-electron chi connectivity index (χ1n) is 7.55. The van der Waals surface area contributed by atoms with Crippen molar-refractivity contribution in [2.24, 2.45) is 0 Å². The summed E-state index contributed by atoms with van der Waals surface area (Å²) < 4.78 is 12.0. The molecular formula is C20H14BrClO3. The van der Waals surface area contributed by atoms with Crippen LogP contribution in [0.25, 0.3) is 0 Å². The molecule has 5 heteroatoms. The van der Waals surface area contributed by atoms with Crippen LogP contribution in [-0.2, 0) is 6.61 Å². The monoisotopic (exact) mass is 416 g/mol. The quantitative estimate of drug-likeness (QED) is 0.383. The van der Waals surface area contributed by atoms with Crippen LogP contribution in [-0.4, -0.2) is 5.97 Å². The number of esters is 1. The third-order valence-corrected chi connectivity index (χ3v) is 4.21. The van der Waals surface area contributed by atoms with Gasteiger partial charge in [0.15, 0.2) is 0 Å². The van der Waals surface area contributed by atoms with Crippen molar-refractivity contribution in [2.45, 2.75) is 6.61 Å². The van der Waals surface area contributed by atoms with Crippen molar-refractivity contribution in [2.75, 3.05) is 0 Å². The van der Waals surface area contributed by atoms with Crippen LogP contribution in [0, 0.1) is 0 Å². The Labute approximate surface area is 159 Å². The standard InChI is InChI=1S/C20H14BrClO3/c21-16-5-9-18(10-6-16)24-13-14-1-3-15(4-2-14)20(23)25-19-11-7-17(22)8-12-19/h1-12H,13H2. The number of carbonyl (C=O) groups is 1. The van der Waals surface area contributed by atoms with E-state index in [0.29, 0.717) is 22.9 Å². The van der Waals surface area contributed by atoms with Gasteiger partial charge in [-0.3, -0.25) is 0 Å². The molecular weight excluding hydrogens is 404 g/mol. The fourth-order valence-corrected chi connectivity index (χ4v) is 2.49. The van der Waals surface area contributed by atoms with Gasteiger partial charge in [0.25, 0.3) is 0 Å². The van der Waals surface area contributed by atoms with E-state index in [9.17, 15) is 4.79 Å². The van der Waals surface area contributed by atoms with E-state index in [-0.39, 0.29) is 0 Å². The third-order valence-electron chi connectivity index (χ3n) is 3.43. The van der Waals surface area contributed by atoms with Crippen molar-refractivity contribution in [3.05, 3.63) is 93.4 Å². The molecule has 3 aromatic rings. The minimum Gasteiger partial charge on any atom is -0.489 e. The van der Waals surface area contributed by atoms with Crippen molar-refractivity contribution in [3.8, 4) is 11.5 Å². The number of hydrogen-bond donors (Lipinski definition) is 0. The van der Waals surface area contributed by atoms with Crippen LogP contribution in [0.2, 0.25) is 5.02 Å². The van der Waals surface area contributed by atoms with Crippen molar-refractivity contribution in [1.29, 1.82) is 0 Å². The zero-order chi connectivity index (χ0) is 17.6. The molecule has 0 fully saturated rings. The predicted octanol–water partition coefficient (Wildman–Crippen LogP) is 5.90. The summed E-state index contributed by atoms with van der Waals surface area (Å²) in [6, 6.07) is 21.4. The Bertz CT molecular complexity index is 844. The first-order chi connectivity index (χ1) is 12.1. The lowest BCUT2D eigenvalue weighted by atomic mass is 10.1. The molecule has 0 amide bonds. The van der Waals surface area contributed by atoms with Crippen molar-refractivity contribution >= 4 is 33.5 Å². The van der Waals surface area contributed by atoms with Gasteiger partial charge in [-0.05, 0) is 66.2 Å². The Morgan fingerprint density at radius 1 is 0.840 bits per heavy atom. The van der Waals surface area contributed by atoms with E-state index in [4.69, 9.17) is 21.1 Å². The maximum Gasteiger partial charge on any atom is 0.343 e. The smallest absolute Gasteiger partial charge is 0.343 e. The summed E-state index contributed by atoms with van der Waals surface area (Å²) in [7, 11) is 0. The Kier molecular flexibility index (Phi) is 5.74. The molecule has 0 bridgehead atoms. The van der Waals surface area contributed by atoms with Gasteiger partial charge in [0.1, 0.15) is 18.1 Å². The Hall–Kier alpha value is -2.30. The molecule has 0 N–H and O–H groups in total. The highest BCUT2D eigenvalue weighted by Crippen LogP contribution is 2.19. The number of hydrogen-bond acceptors (Lipinski definition) is 3. The molecule has 0 aliphatic carbocycles. The first kappa shape index (κ1) is 17.5. The number of ether oxygens (including phenoxy) is 2. The molecule has 25 heavy (non-hydrogen) atoms. The Morgan fingerprint density at radius 2 is 1.44 bits per heavy atom. The fraction of sp³-hybridized carbons (Fsp3) is 0.0500. The largest absolute Gasteiger partial charge is 0.489 e. The van der Waals surface area contributed by atoms with E-state index in [0.717, 1.165) is 15.8 Å². The molecule has 3 nitrogen and oxygen atoms in total. The van der Waals surface area contributed by atoms with Gasteiger partial charge >= 0.3 is 5.97 Å². The highest BCUT2D eigenvalue weighted by molar-refractivity contribution is 9.10. The van der Waals surface area contributed by atoms with Gasteiger partial charge < -0.3 is 9.47 Å². The van der Waals surface area contributed by atoms with Crippen molar-refractivity contribution in [3.63, 3.8) is 0 Å². The molecule has 0 unspecified atom stereocenters. The molecule has 0 aliphatic rings. The summed E-state index contributed by atoms with van der Waals surface area (Å²) in [5.41, 5.74) is 1.44. The Balaban J connectivity index is 1.58. The molecule has 0 aliphatic heterocycles. The molecule has 0 atom stereocenters. The van der Waals surface area contributed by atoms with Crippen LogP contribution in [0.15, 0.2) is 77.3 Å². The molecule has 126 valence electrons. The normalized spacial score (nSPS) is 10.3. The van der Waals surface area contributed by atoms with E-state index in [1.807, 2.05) is 36.4 Å². The number of carbonyl (C=O) groups excluding carboxylic acids is 1. The molecule has 0 aromatic heterocycles. The SMILES string of the molecule is O=C(Oc1ccc(Cl)cc1)c1ccc(COc2ccc(Br)cc2)cc1. The van der Waals surface area contributed by atoms with Crippen LogP contribution < -0.4 is 9.47 Å². The highest BCUT2D eigenvalue weighted by atomic mass is 79.9. The van der Waals surface area contributed by atoms with E-state index < -0.39 is 5.97 Å². The van der Waals surface area contributed by atoms with E-state index >= 15 is 0 Å². The minimum absolute atomic E-state index is 0.414.